The Hall–Kier alpha value is -4.43. The molecule has 201 valence electrons. The fourth-order valence-corrected chi connectivity index (χ4v) is 4.89. The summed E-state index contributed by atoms with van der Waals surface area (Å²) in [4.78, 5) is 8.81. The third-order valence-electron chi connectivity index (χ3n) is 6.98. The van der Waals surface area contributed by atoms with Crippen LogP contribution in [0.4, 0.5) is 0 Å². The van der Waals surface area contributed by atoms with E-state index in [9.17, 15) is 0 Å². The minimum Gasteiger partial charge on any atom is -0.305 e. The zero-order valence-electron chi connectivity index (χ0n) is 22.9. The third-order valence-corrected chi connectivity index (χ3v) is 6.98. The first kappa shape index (κ1) is 28.1. The topological polar surface area (TPSA) is 25.8 Å². The number of hydrogen-bond donors (Lipinski definition) is 0. The molecule has 5 aromatic carbocycles. The van der Waals surface area contributed by atoms with Crippen molar-refractivity contribution in [1.29, 1.82) is 0 Å². The first-order chi connectivity index (χ1) is 19.7. The van der Waals surface area contributed by atoms with Crippen LogP contribution in [0.15, 0.2) is 134 Å². The molecule has 7 aromatic rings. The van der Waals surface area contributed by atoms with E-state index in [2.05, 4.69) is 108 Å². The molecule has 0 saturated heterocycles. The smallest absolute Gasteiger partial charge is 0.0190 e. The molecule has 0 aliphatic rings. The van der Waals surface area contributed by atoms with Crippen LogP contribution in [-0.4, -0.2) is 9.97 Å². The van der Waals surface area contributed by atoms with Gasteiger partial charge in [0.05, 0.1) is 0 Å². The van der Waals surface area contributed by atoms with Gasteiger partial charge < -0.3 is 9.97 Å². The van der Waals surface area contributed by atoms with Crippen molar-refractivity contribution in [2.24, 2.45) is 0 Å². The number of rotatable bonds is 3. The van der Waals surface area contributed by atoms with Crippen molar-refractivity contribution >= 4 is 21.5 Å². The molecule has 0 N–H and O–H groups in total. The number of nitrogens with zero attached hydrogens (tertiary/aromatic N) is 2. The summed E-state index contributed by atoms with van der Waals surface area (Å²) in [5.74, 6) is 0. The number of aromatic nitrogens is 2. The summed E-state index contributed by atoms with van der Waals surface area (Å²) < 4.78 is 0. The molecule has 7 rings (SSSR count). The van der Waals surface area contributed by atoms with Gasteiger partial charge in [-0.3, -0.25) is 0 Å². The third kappa shape index (κ3) is 6.33. The van der Waals surface area contributed by atoms with Gasteiger partial charge in [0.1, 0.15) is 0 Å². The van der Waals surface area contributed by atoms with Gasteiger partial charge >= 0.3 is 0 Å². The fourth-order valence-electron chi connectivity index (χ4n) is 4.89. The number of aryl methyl sites for hydroxylation is 2. The molecule has 0 aliphatic carbocycles. The molecule has 0 amide bonds. The Morgan fingerprint density at radius 3 is 2.02 bits per heavy atom. The van der Waals surface area contributed by atoms with Crippen LogP contribution >= 0.6 is 0 Å². The Balaban J connectivity index is 0.000000192. The van der Waals surface area contributed by atoms with Crippen LogP contribution in [0.1, 0.15) is 11.1 Å². The van der Waals surface area contributed by atoms with E-state index in [1.807, 2.05) is 61.8 Å². The molecule has 0 spiro atoms. The zero-order valence-corrected chi connectivity index (χ0v) is 25.3. The van der Waals surface area contributed by atoms with Crippen LogP contribution in [0, 0.1) is 26.0 Å². The van der Waals surface area contributed by atoms with Crippen molar-refractivity contribution in [3.63, 3.8) is 0 Å². The predicted molar refractivity (Wildman–Crippen MR) is 167 cm³/mol. The normalized spacial score (nSPS) is 10.5. The Kier molecular flexibility index (Phi) is 8.79. The summed E-state index contributed by atoms with van der Waals surface area (Å²) >= 11 is 0. The quantitative estimate of drug-likeness (QED) is 0.135. The van der Waals surface area contributed by atoms with E-state index < -0.39 is 0 Å². The van der Waals surface area contributed by atoms with Crippen molar-refractivity contribution in [3.8, 4) is 33.6 Å². The second-order valence-corrected chi connectivity index (χ2v) is 9.90. The van der Waals surface area contributed by atoms with E-state index in [1.54, 1.807) is 0 Å². The molecule has 41 heavy (non-hydrogen) atoms. The summed E-state index contributed by atoms with van der Waals surface area (Å²) in [6, 6.07) is 48.5. The maximum absolute atomic E-state index is 4.46. The molecule has 0 aliphatic heterocycles. The van der Waals surface area contributed by atoms with Crippen molar-refractivity contribution in [1.82, 2.24) is 9.97 Å². The van der Waals surface area contributed by atoms with Gasteiger partial charge in [0, 0.05) is 32.5 Å². The van der Waals surface area contributed by atoms with E-state index >= 15 is 0 Å². The molecular weight excluding hydrogens is 677 g/mol. The minimum atomic E-state index is 0. The zero-order chi connectivity index (χ0) is 27.3. The molecule has 0 atom stereocenters. The molecule has 2 heterocycles. The van der Waals surface area contributed by atoms with Crippen LogP contribution < -0.4 is 0 Å². The second-order valence-electron chi connectivity index (χ2n) is 9.90. The molecule has 0 fully saturated rings. The average molecular weight is 705 g/mol. The largest absolute Gasteiger partial charge is 0.305 e. The molecule has 2 aromatic heterocycles. The summed E-state index contributed by atoms with van der Waals surface area (Å²) in [5, 5.41) is 5.10. The predicted octanol–water partition coefficient (Wildman–Crippen LogP) is 9.69. The summed E-state index contributed by atoms with van der Waals surface area (Å²) in [7, 11) is 0. The van der Waals surface area contributed by atoms with Crippen LogP contribution in [0.5, 0.6) is 0 Å². The maximum atomic E-state index is 4.46. The first-order valence-corrected chi connectivity index (χ1v) is 13.4. The van der Waals surface area contributed by atoms with Crippen molar-refractivity contribution < 1.29 is 20.1 Å². The van der Waals surface area contributed by atoms with Gasteiger partial charge in [0.15, 0.2) is 0 Å². The molecular formula is C38H28IrN2-2. The van der Waals surface area contributed by atoms with Crippen LogP contribution in [0.2, 0.25) is 0 Å². The summed E-state index contributed by atoms with van der Waals surface area (Å²) in [6.45, 7) is 4.10. The molecule has 1 radical (unpaired) electrons. The van der Waals surface area contributed by atoms with E-state index in [1.165, 1.54) is 43.8 Å². The van der Waals surface area contributed by atoms with Crippen molar-refractivity contribution in [2.75, 3.05) is 0 Å². The minimum absolute atomic E-state index is 0. The van der Waals surface area contributed by atoms with Gasteiger partial charge in [-0.2, -0.15) is 0 Å². The van der Waals surface area contributed by atoms with Gasteiger partial charge in [-0.05, 0) is 63.1 Å². The van der Waals surface area contributed by atoms with Gasteiger partial charge in [0.2, 0.25) is 0 Å². The summed E-state index contributed by atoms with van der Waals surface area (Å²) in [5.41, 5.74) is 8.82. The molecule has 0 bridgehead atoms. The molecule has 0 saturated carbocycles. The Morgan fingerprint density at radius 2 is 1.29 bits per heavy atom. The van der Waals surface area contributed by atoms with Crippen molar-refractivity contribution in [3.05, 3.63) is 157 Å². The van der Waals surface area contributed by atoms with E-state index in [0.717, 1.165) is 22.5 Å². The number of fused-ring (bicyclic) bond motifs is 3. The maximum Gasteiger partial charge on any atom is 0.0190 e. The van der Waals surface area contributed by atoms with E-state index in [-0.39, 0.29) is 20.1 Å². The van der Waals surface area contributed by atoms with Gasteiger partial charge in [-0.15, -0.1) is 70.8 Å². The fraction of sp³-hybridized carbons (Fsp3) is 0.0526. The number of pyridine rings is 2. The first-order valence-electron chi connectivity index (χ1n) is 13.4. The molecule has 3 heteroatoms. The van der Waals surface area contributed by atoms with Gasteiger partial charge in [-0.25, -0.2) is 0 Å². The standard InChI is InChI=1S/C25H16N.C13H12N.Ir/c1-2-11-21-19(8-1)17-24(23-13-4-3-12-22(21)23)18-9-7-10-20(16-18)25-14-5-6-15-26-25;1-10-3-6-12(7-4-10)13-8-5-11(2)9-14-13;/h1-9,11-17H;3-6,8-9H,1-2H3;/q2*-1;. The Bertz CT molecular complexity index is 1850. The summed E-state index contributed by atoms with van der Waals surface area (Å²) in [6.07, 6.45) is 3.70. The molecule has 2 nitrogen and oxygen atoms in total. The average Bonchev–Trinajstić information content (AvgIpc) is 3.02. The van der Waals surface area contributed by atoms with Crippen molar-refractivity contribution in [2.45, 2.75) is 13.8 Å². The van der Waals surface area contributed by atoms with Crippen LogP contribution in [0.25, 0.3) is 55.2 Å². The van der Waals surface area contributed by atoms with Gasteiger partial charge in [-0.1, -0.05) is 79.7 Å². The molecule has 0 unspecified atom stereocenters. The SMILES string of the molecule is Cc1c[c-]c(-c2ccc(C)cn2)cc1.[Ir].[c-]1ccc(-c2cc3ccccc3c3ccccc23)cc1-c1ccccn1. The van der Waals surface area contributed by atoms with Gasteiger partial charge in [0.25, 0.3) is 0 Å². The van der Waals surface area contributed by atoms with E-state index in [0.29, 0.717) is 0 Å². The number of hydrogen-bond acceptors (Lipinski definition) is 2. The van der Waals surface area contributed by atoms with E-state index in [4.69, 9.17) is 0 Å². The number of benzene rings is 5. The monoisotopic (exact) mass is 705 g/mol. The van der Waals surface area contributed by atoms with Crippen LogP contribution in [-0.2, 0) is 20.1 Å². The van der Waals surface area contributed by atoms with Crippen LogP contribution in [0.3, 0.4) is 0 Å². The Morgan fingerprint density at radius 1 is 0.561 bits per heavy atom. The Labute approximate surface area is 255 Å². The second kappa shape index (κ2) is 12.8.